The number of Topliss-reactive ketones (excluding diaryl/α,β-unsaturated/α-hetero) is 1. The number of hydrogen-bond acceptors (Lipinski definition) is 3. The van der Waals surface area contributed by atoms with Crippen molar-refractivity contribution in [2.75, 3.05) is 6.54 Å². The largest absolute Gasteiger partial charge is 0.481 e. The van der Waals surface area contributed by atoms with Crippen LogP contribution in [0.2, 0.25) is 0 Å². The highest BCUT2D eigenvalue weighted by atomic mass is 16.4. The molecule has 0 unspecified atom stereocenters. The molecule has 1 amide bonds. The van der Waals surface area contributed by atoms with E-state index < -0.39 is 5.97 Å². The number of rotatable bonds is 24. The van der Waals surface area contributed by atoms with Gasteiger partial charge in [0.2, 0.25) is 0 Å². The van der Waals surface area contributed by atoms with Gasteiger partial charge in [-0.25, -0.2) is 0 Å². The summed E-state index contributed by atoms with van der Waals surface area (Å²) in [4.78, 5) is 35.0. The fourth-order valence-corrected chi connectivity index (χ4v) is 4.51. The summed E-state index contributed by atoms with van der Waals surface area (Å²) in [5.74, 6) is -0.983. The van der Waals surface area contributed by atoms with Gasteiger partial charge in [0.05, 0.1) is 0 Å². The summed E-state index contributed by atoms with van der Waals surface area (Å²) in [5.41, 5.74) is 1.13. The van der Waals surface area contributed by atoms with Crippen LogP contribution in [0.1, 0.15) is 156 Å². The van der Waals surface area contributed by atoms with Crippen LogP contribution in [-0.4, -0.2) is 29.3 Å². The van der Waals surface area contributed by atoms with Crippen LogP contribution in [0.4, 0.5) is 0 Å². The molecule has 0 aliphatic heterocycles. The van der Waals surface area contributed by atoms with E-state index in [1.165, 1.54) is 96.3 Å². The highest BCUT2D eigenvalue weighted by Gasteiger charge is 2.09. The van der Waals surface area contributed by atoms with E-state index in [4.69, 9.17) is 5.11 Å². The van der Waals surface area contributed by atoms with Crippen molar-refractivity contribution in [1.29, 1.82) is 0 Å². The highest BCUT2D eigenvalue weighted by molar-refractivity contribution is 5.98. The number of benzene rings is 1. The van der Waals surface area contributed by atoms with Gasteiger partial charge in [0, 0.05) is 30.5 Å². The second kappa shape index (κ2) is 22.1. The Balaban J connectivity index is 1.97. The third kappa shape index (κ3) is 17.3. The van der Waals surface area contributed by atoms with Gasteiger partial charge in [0.1, 0.15) is 0 Å². The number of aliphatic carboxylic acids is 1. The van der Waals surface area contributed by atoms with Gasteiger partial charge in [-0.2, -0.15) is 0 Å². The Hall–Kier alpha value is -2.17. The maximum Gasteiger partial charge on any atom is 0.303 e. The Kier molecular flexibility index (Phi) is 19.5. The zero-order valence-electron chi connectivity index (χ0n) is 22.8. The third-order valence-electron chi connectivity index (χ3n) is 6.83. The van der Waals surface area contributed by atoms with E-state index in [0.29, 0.717) is 30.5 Å². The fraction of sp³-hybridized carbons (Fsp3) is 0.710. The van der Waals surface area contributed by atoms with Crippen LogP contribution >= 0.6 is 0 Å². The van der Waals surface area contributed by atoms with Crippen molar-refractivity contribution >= 4 is 17.7 Å². The van der Waals surface area contributed by atoms with Crippen LogP contribution < -0.4 is 5.32 Å². The van der Waals surface area contributed by atoms with Gasteiger partial charge in [0.25, 0.3) is 5.91 Å². The van der Waals surface area contributed by atoms with Crippen LogP contribution in [0.5, 0.6) is 0 Å². The van der Waals surface area contributed by atoms with E-state index in [2.05, 4.69) is 12.2 Å². The van der Waals surface area contributed by atoms with E-state index in [-0.39, 0.29) is 18.1 Å². The molecule has 0 spiro atoms. The van der Waals surface area contributed by atoms with E-state index in [0.717, 1.165) is 12.8 Å². The molecular weight excluding hydrogens is 450 g/mol. The van der Waals surface area contributed by atoms with Crippen LogP contribution in [0.25, 0.3) is 0 Å². The Morgan fingerprint density at radius 1 is 0.583 bits per heavy atom. The van der Waals surface area contributed by atoms with Crippen molar-refractivity contribution in [3.63, 3.8) is 0 Å². The molecule has 1 rings (SSSR count). The van der Waals surface area contributed by atoms with E-state index in [9.17, 15) is 14.4 Å². The van der Waals surface area contributed by atoms with Crippen molar-refractivity contribution in [3.8, 4) is 0 Å². The monoisotopic (exact) mass is 501 g/mol. The normalized spacial score (nSPS) is 10.9. The summed E-state index contributed by atoms with van der Waals surface area (Å²) in [5, 5.41) is 11.3. The first-order valence-corrected chi connectivity index (χ1v) is 14.7. The minimum atomic E-state index is -0.869. The van der Waals surface area contributed by atoms with Gasteiger partial charge in [-0.3, -0.25) is 14.4 Å². The molecule has 0 bridgehead atoms. The lowest BCUT2D eigenvalue weighted by atomic mass is 10.0. The van der Waals surface area contributed by atoms with Gasteiger partial charge in [-0.05, 0) is 25.0 Å². The third-order valence-corrected chi connectivity index (χ3v) is 6.83. The standard InChI is InChI=1S/C31H51NO4/c1-2-3-4-5-6-7-8-9-10-11-12-13-14-15-16-17-18-20-29(33)27-22-24-28(25-23-27)31(36)32-26-19-21-30(34)35/h22-25H,2-21,26H2,1H3,(H,32,36)(H,34,35). The zero-order chi connectivity index (χ0) is 26.3. The molecule has 0 aliphatic carbocycles. The Labute approximate surface area is 219 Å². The minimum absolute atomic E-state index is 0.0348. The molecule has 36 heavy (non-hydrogen) atoms. The maximum absolute atomic E-state index is 12.4. The number of carbonyl (C=O) groups is 3. The summed E-state index contributed by atoms with van der Waals surface area (Å²) < 4.78 is 0. The van der Waals surface area contributed by atoms with Gasteiger partial charge < -0.3 is 10.4 Å². The number of carbonyl (C=O) groups excluding carboxylic acids is 2. The molecule has 5 nitrogen and oxygen atoms in total. The van der Waals surface area contributed by atoms with Crippen LogP contribution in [0.3, 0.4) is 0 Å². The topological polar surface area (TPSA) is 83.5 Å². The predicted molar refractivity (Wildman–Crippen MR) is 149 cm³/mol. The Bertz CT molecular complexity index is 714. The molecule has 1 aromatic carbocycles. The van der Waals surface area contributed by atoms with E-state index >= 15 is 0 Å². The quantitative estimate of drug-likeness (QED) is 0.110. The molecule has 0 saturated carbocycles. The lowest BCUT2D eigenvalue weighted by molar-refractivity contribution is -0.137. The average Bonchev–Trinajstić information content (AvgIpc) is 2.88. The SMILES string of the molecule is CCCCCCCCCCCCCCCCCCCC(=O)c1ccc(C(=O)NCCCC(=O)O)cc1. The second-order valence-electron chi connectivity index (χ2n) is 10.2. The molecule has 0 radical (unpaired) electrons. The lowest BCUT2D eigenvalue weighted by Crippen LogP contribution is -2.24. The smallest absolute Gasteiger partial charge is 0.303 e. The van der Waals surface area contributed by atoms with Gasteiger partial charge in [-0.1, -0.05) is 122 Å². The van der Waals surface area contributed by atoms with Crippen LogP contribution in [0.15, 0.2) is 24.3 Å². The summed E-state index contributed by atoms with van der Waals surface area (Å²) >= 11 is 0. The van der Waals surface area contributed by atoms with E-state index in [1.807, 2.05) is 0 Å². The van der Waals surface area contributed by atoms with E-state index in [1.54, 1.807) is 24.3 Å². The maximum atomic E-state index is 12.4. The van der Waals surface area contributed by atoms with Crippen molar-refractivity contribution < 1.29 is 19.5 Å². The molecule has 0 atom stereocenters. The highest BCUT2D eigenvalue weighted by Crippen LogP contribution is 2.15. The molecule has 0 aliphatic rings. The molecule has 2 N–H and O–H groups in total. The second-order valence-corrected chi connectivity index (χ2v) is 10.2. The summed E-state index contributed by atoms with van der Waals surface area (Å²) in [6.07, 6.45) is 23.5. The summed E-state index contributed by atoms with van der Waals surface area (Å²) in [6.45, 7) is 2.60. The lowest BCUT2D eigenvalue weighted by Gasteiger charge is -2.06. The van der Waals surface area contributed by atoms with Crippen molar-refractivity contribution in [3.05, 3.63) is 35.4 Å². The fourth-order valence-electron chi connectivity index (χ4n) is 4.51. The first-order chi connectivity index (χ1) is 17.5. The molecule has 0 fully saturated rings. The van der Waals surface area contributed by atoms with Gasteiger partial charge in [-0.15, -0.1) is 0 Å². The van der Waals surface area contributed by atoms with Crippen molar-refractivity contribution in [1.82, 2.24) is 5.32 Å². The number of hydrogen-bond donors (Lipinski definition) is 2. The number of ketones is 1. The number of carboxylic acids is 1. The summed E-state index contributed by atoms with van der Waals surface area (Å²) in [6, 6.07) is 6.74. The molecule has 204 valence electrons. The van der Waals surface area contributed by atoms with Crippen LogP contribution in [0, 0.1) is 0 Å². The molecule has 5 heteroatoms. The number of amides is 1. The Morgan fingerprint density at radius 3 is 1.44 bits per heavy atom. The molecule has 0 heterocycles. The number of unbranched alkanes of at least 4 members (excludes halogenated alkanes) is 16. The van der Waals surface area contributed by atoms with Crippen LogP contribution in [-0.2, 0) is 4.79 Å². The molecule has 0 aromatic heterocycles. The minimum Gasteiger partial charge on any atom is -0.481 e. The van der Waals surface area contributed by atoms with Gasteiger partial charge in [0.15, 0.2) is 5.78 Å². The number of nitrogens with one attached hydrogen (secondary N) is 1. The predicted octanol–water partition coefficient (Wildman–Crippen LogP) is 8.51. The molecular formula is C31H51NO4. The van der Waals surface area contributed by atoms with Crippen molar-refractivity contribution in [2.24, 2.45) is 0 Å². The first-order valence-electron chi connectivity index (χ1n) is 14.7. The Morgan fingerprint density at radius 2 is 1.00 bits per heavy atom. The average molecular weight is 502 g/mol. The zero-order valence-corrected chi connectivity index (χ0v) is 22.8. The number of carboxylic acid groups (broad SMARTS) is 1. The van der Waals surface area contributed by atoms with Gasteiger partial charge >= 0.3 is 5.97 Å². The molecule has 0 saturated heterocycles. The first kappa shape index (κ1) is 31.9. The summed E-state index contributed by atoms with van der Waals surface area (Å²) in [7, 11) is 0. The molecule has 1 aromatic rings. The van der Waals surface area contributed by atoms with Crippen molar-refractivity contribution in [2.45, 2.75) is 135 Å².